The molecular weight excluding hydrogens is 415 g/mol. The molecule has 0 spiro atoms. The quantitative estimate of drug-likeness (QED) is 0.576. The fourth-order valence-corrected chi connectivity index (χ4v) is 6.98. The van der Waals surface area contributed by atoms with Crippen LogP contribution in [0.4, 0.5) is 0 Å². The van der Waals surface area contributed by atoms with Crippen molar-refractivity contribution in [3.63, 3.8) is 0 Å². The Bertz CT molecular complexity index is 661. The van der Waals surface area contributed by atoms with Gasteiger partial charge in [-0.25, -0.2) is 0 Å². The average Bonchev–Trinajstić information content (AvgIpc) is 2.61. The molecule has 0 bridgehead atoms. The summed E-state index contributed by atoms with van der Waals surface area (Å²) in [6, 6.07) is 19.8. The number of rotatable bonds is 8. The summed E-state index contributed by atoms with van der Waals surface area (Å²) in [5.41, 5.74) is 2.06. The van der Waals surface area contributed by atoms with Crippen molar-refractivity contribution in [3.8, 4) is 0 Å². The fourth-order valence-electron chi connectivity index (χ4n) is 3.13. The summed E-state index contributed by atoms with van der Waals surface area (Å²) < 4.78 is 1.09. The number of hydrogen-bond acceptors (Lipinski definition) is 2. The van der Waals surface area contributed by atoms with Gasteiger partial charge < -0.3 is 0 Å². The zero-order valence-electron chi connectivity index (χ0n) is 15.5. The van der Waals surface area contributed by atoms with Crippen LogP contribution in [-0.2, 0) is 6.42 Å². The van der Waals surface area contributed by atoms with Crippen LogP contribution < -0.4 is 0 Å². The first kappa shape index (κ1) is 20.2. The summed E-state index contributed by atoms with van der Waals surface area (Å²) >= 11 is -2.48. The molecule has 2 aromatic rings. The monoisotopic (exact) mass is 446 g/mol. The number of aliphatic hydroxyl groups is 2. The molecule has 0 aromatic heterocycles. The van der Waals surface area contributed by atoms with Crippen LogP contribution in [0.3, 0.4) is 0 Å². The van der Waals surface area contributed by atoms with E-state index in [0.717, 1.165) is 15.6 Å². The maximum absolute atomic E-state index is 11.0. The molecule has 2 nitrogen and oxygen atoms in total. The predicted molar refractivity (Wildman–Crippen MR) is 108 cm³/mol. The van der Waals surface area contributed by atoms with Gasteiger partial charge in [0.2, 0.25) is 0 Å². The number of aliphatic hydroxyl groups excluding tert-OH is 2. The van der Waals surface area contributed by atoms with Gasteiger partial charge in [-0.3, -0.25) is 0 Å². The van der Waals surface area contributed by atoms with Crippen LogP contribution in [0, 0.1) is 5.92 Å². The zero-order chi connectivity index (χ0) is 18.4. The van der Waals surface area contributed by atoms with Crippen molar-refractivity contribution < 1.29 is 10.2 Å². The Labute approximate surface area is 156 Å². The van der Waals surface area contributed by atoms with Crippen LogP contribution in [0.2, 0.25) is 14.8 Å². The van der Waals surface area contributed by atoms with Crippen LogP contribution in [0.15, 0.2) is 70.8 Å². The van der Waals surface area contributed by atoms with Gasteiger partial charge in [0.05, 0.1) is 0 Å². The first-order valence-corrected chi connectivity index (χ1v) is 18.9. The second-order valence-electron chi connectivity index (χ2n) is 7.75. The van der Waals surface area contributed by atoms with Gasteiger partial charge in [0.1, 0.15) is 0 Å². The summed E-state index contributed by atoms with van der Waals surface area (Å²) in [7, 11) is 0. The molecule has 0 aliphatic heterocycles. The normalized spacial score (nSPS) is 15.4. The van der Waals surface area contributed by atoms with Gasteiger partial charge in [0.25, 0.3) is 0 Å². The number of aryl methyl sites for hydroxylation is 1. The van der Waals surface area contributed by atoms with Crippen molar-refractivity contribution in [1.29, 1.82) is 0 Å². The molecule has 0 fully saturated rings. The first-order valence-electron chi connectivity index (χ1n) is 8.95. The molecule has 0 heterocycles. The van der Waals surface area contributed by atoms with Crippen LogP contribution in [0.25, 0.3) is 0 Å². The summed E-state index contributed by atoms with van der Waals surface area (Å²) in [6.07, 6.45) is 0.112. The summed E-state index contributed by atoms with van der Waals surface area (Å²) in [5.74, 6) is -0.304. The Hall–Kier alpha value is -1.10. The van der Waals surface area contributed by atoms with Crippen LogP contribution in [-0.4, -0.2) is 34.7 Å². The Morgan fingerprint density at radius 3 is 1.96 bits per heavy atom. The molecule has 0 amide bonds. The number of benzene rings is 2. The van der Waals surface area contributed by atoms with E-state index < -0.39 is 30.6 Å². The molecule has 0 aliphatic carbocycles. The van der Waals surface area contributed by atoms with Crippen molar-refractivity contribution in [2.24, 2.45) is 5.92 Å². The first-order chi connectivity index (χ1) is 11.8. The molecule has 25 heavy (non-hydrogen) atoms. The van der Waals surface area contributed by atoms with E-state index in [0.29, 0.717) is 6.42 Å². The molecule has 0 unspecified atom stereocenters. The average molecular weight is 445 g/mol. The van der Waals surface area contributed by atoms with E-state index in [2.05, 4.69) is 33.5 Å². The molecule has 3 heteroatoms. The van der Waals surface area contributed by atoms with Crippen molar-refractivity contribution in [3.05, 3.63) is 82.0 Å². The van der Waals surface area contributed by atoms with E-state index in [9.17, 15) is 10.2 Å². The summed E-state index contributed by atoms with van der Waals surface area (Å²) in [4.78, 5) is 6.85. The third kappa shape index (κ3) is 5.70. The summed E-state index contributed by atoms with van der Waals surface area (Å²) in [6.45, 7) is 4.32. The van der Waals surface area contributed by atoms with Crippen molar-refractivity contribution in [2.45, 2.75) is 39.9 Å². The third-order valence-electron chi connectivity index (χ3n) is 4.83. The van der Waals surface area contributed by atoms with E-state index >= 15 is 0 Å². The van der Waals surface area contributed by atoms with E-state index in [4.69, 9.17) is 0 Å². The minimum atomic E-state index is -2.48. The molecule has 134 valence electrons. The zero-order valence-corrected chi connectivity index (χ0v) is 18.4. The Morgan fingerprint density at radius 1 is 0.920 bits per heavy atom. The van der Waals surface area contributed by atoms with Gasteiger partial charge >= 0.3 is 156 Å². The molecular formula is C22H30O2Sn. The maximum atomic E-state index is 11.0. The minimum absolute atomic E-state index is 0.304. The van der Waals surface area contributed by atoms with Crippen molar-refractivity contribution >= 4 is 18.4 Å². The van der Waals surface area contributed by atoms with Crippen LogP contribution >= 0.6 is 0 Å². The molecule has 2 N–H and O–H groups in total. The standard InChI is InChI=1S/C19H21O2.3CH3.Sn/c1-2-17(19(21)16-11-7-4-8-12-16)18(20)14-13-15-9-5-3-6-10-15;;;;/h3-12,17-21H,1,13-14H2;3*1H3;/t17-,18+,19+;;;;/m1..../s1. The third-order valence-corrected chi connectivity index (χ3v) is 11.3. The van der Waals surface area contributed by atoms with E-state index in [-0.39, 0.29) is 5.92 Å². The molecule has 3 atom stereocenters. The van der Waals surface area contributed by atoms with Gasteiger partial charge in [-0.1, -0.05) is 0 Å². The molecule has 2 aromatic carbocycles. The SMILES string of the molecule is C=[C]([C@H]([C@@H](O)CCc1ccccc1)[C@@H](O)c1ccccc1)[Sn]([CH3])([CH3])[CH3]. The second-order valence-corrected chi connectivity index (χ2v) is 22.4. The Kier molecular flexibility index (Phi) is 7.29. The van der Waals surface area contributed by atoms with Gasteiger partial charge in [0.15, 0.2) is 0 Å². The van der Waals surface area contributed by atoms with E-state index in [1.165, 1.54) is 5.56 Å². The van der Waals surface area contributed by atoms with E-state index in [1.807, 2.05) is 48.5 Å². The molecule has 0 saturated carbocycles. The topological polar surface area (TPSA) is 40.5 Å². The van der Waals surface area contributed by atoms with Crippen LogP contribution in [0.1, 0.15) is 23.7 Å². The fraction of sp³-hybridized carbons (Fsp3) is 0.364. The van der Waals surface area contributed by atoms with Gasteiger partial charge in [-0.2, -0.15) is 0 Å². The summed E-state index contributed by atoms with van der Waals surface area (Å²) in [5, 5.41) is 21.9. The Balaban J connectivity index is 2.20. The van der Waals surface area contributed by atoms with Crippen LogP contribution in [0.5, 0.6) is 0 Å². The van der Waals surface area contributed by atoms with Gasteiger partial charge in [-0.05, 0) is 0 Å². The second kappa shape index (κ2) is 9.02. The molecule has 0 saturated heterocycles. The van der Waals surface area contributed by atoms with Gasteiger partial charge in [-0.15, -0.1) is 0 Å². The molecule has 2 rings (SSSR count). The Morgan fingerprint density at radius 2 is 1.44 bits per heavy atom. The van der Waals surface area contributed by atoms with E-state index in [1.54, 1.807) is 0 Å². The van der Waals surface area contributed by atoms with Gasteiger partial charge in [0, 0.05) is 0 Å². The number of hydrogen-bond donors (Lipinski definition) is 2. The predicted octanol–water partition coefficient (Wildman–Crippen LogP) is 4.76. The van der Waals surface area contributed by atoms with Crippen molar-refractivity contribution in [1.82, 2.24) is 0 Å². The van der Waals surface area contributed by atoms with Crippen molar-refractivity contribution in [2.75, 3.05) is 0 Å². The molecule has 0 radical (unpaired) electrons. The molecule has 0 aliphatic rings.